The molecule has 1 saturated heterocycles. The lowest BCUT2D eigenvalue weighted by Crippen LogP contribution is -2.45. The maximum atomic E-state index is 13.1. The second kappa shape index (κ2) is 9.98. The van der Waals surface area contributed by atoms with Crippen molar-refractivity contribution in [3.8, 4) is 0 Å². The Bertz CT molecular complexity index is 1090. The van der Waals surface area contributed by atoms with Crippen molar-refractivity contribution in [2.24, 2.45) is 0 Å². The summed E-state index contributed by atoms with van der Waals surface area (Å²) in [4.78, 5) is 31.9. The molecule has 0 unspecified atom stereocenters. The van der Waals surface area contributed by atoms with Gasteiger partial charge in [0.15, 0.2) is 0 Å². The van der Waals surface area contributed by atoms with Crippen molar-refractivity contribution in [2.45, 2.75) is 58.5 Å². The van der Waals surface area contributed by atoms with Crippen LogP contribution >= 0.6 is 0 Å². The molecule has 1 N–H and O–H groups in total. The Hall–Kier alpha value is -3.15. The first-order chi connectivity index (χ1) is 15.5. The number of carbonyl (C=O) groups excluding carboxylic acids is 2. The Kier molecular flexibility index (Phi) is 6.88. The van der Waals surface area contributed by atoms with E-state index in [4.69, 9.17) is 0 Å². The number of piperidine rings is 1. The van der Waals surface area contributed by atoms with Crippen LogP contribution in [0.3, 0.4) is 0 Å². The average Bonchev–Trinajstić information content (AvgIpc) is 3.20. The molecule has 2 heterocycles. The Morgan fingerprint density at radius 1 is 1.09 bits per heavy atom. The number of likely N-dealkylation sites (tertiary alicyclic amines) is 1. The first-order valence-electron chi connectivity index (χ1n) is 11.6. The predicted molar refractivity (Wildman–Crippen MR) is 127 cm³/mol. The van der Waals surface area contributed by atoms with E-state index in [0.29, 0.717) is 25.1 Å². The van der Waals surface area contributed by atoms with E-state index in [0.717, 1.165) is 43.3 Å². The molecule has 1 fully saturated rings. The summed E-state index contributed by atoms with van der Waals surface area (Å²) in [5.41, 5.74) is 5.20. The molecule has 2 aromatic carbocycles. The zero-order chi connectivity index (χ0) is 22.5. The maximum absolute atomic E-state index is 13.1. The van der Waals surface area contributed by atoms with Gasteiger partial charge >= 0.3 is 0 Å². The highest BCUT2D eigenvalue weighted by atomic mass is 16.2. The van der Waals surface area contributed by atoms with Gasteiger partial charge in [-0.1, -0.05) is 18.2 Å². The van der Waals surface area contributed by atoms with Crippen LogP contribution in [0, 0.1) is 13.8 Å². The highest BCUT2D eigenvalue weighted by Crippen LogP contribution is 2.22. The minimum absolute atomic E-state index is 0.0585. The van der Waals surface area contributed by atoms with E-state index in [2.05, 4.69) is 40.8 Å². The van der Waals surface area contributed by atoms with E-state index in [9.17, 15) is 9.59 Å². The van der Waals surface area contributed by atoms with Gasteiger partial charge in [0, 0.05) is 37.7 Å². The van der Waals surface area contributed by atoms with Crippen LogP contribution in [0.1, 0.15) is 53.6 Å². The van der Waals surface area contributed by atoms with Gasteiger partial charge in [-0.3, -0.25) is 9.59 Å². The van der Waals surface area contributed by atoms with Crippen LogP contribution in [0.15, 0.2) is 48.8 Å². The number of nitrogens with one attached hydrogen (secondary N) is 1. The summed E-state index contributed by atoms with van der Waals surface area (Å²) in [6.45, 7) is 6.21. The van der Waals surface area contributed by atoms with Gasteiger partial charge in [-0.25, -0.2) is 4.98 Å². The van der Waals surface area contributed by atoms with Gasteiger partial charge in [0.25, 0.3) is 5.91 Å². The molecule has 4 rings (SSSR count). The number of imidazole rings is 1. The number of amides is 2. The Labute approximate surface area is 189 Å². The summed E-state index contributed by atoms with van der Waals surface area (Å²) in [5, 5.41) is 3.00. The number of hydrogen-bond acceptors (Lipinski definition) is 3. The SMILES string of the molecule is Cc1cc2ncn(CCC(=O)N3CCCC[C@@H]3CCNC(=O)c3ccccc3)c2cc1C. The summed E-state index contributed by atoms with van der Waals surface area (Å²) in [6.07, 6.45) is 6.27. The van der Waals surface area contributed by atoms with E-state index < -0.39 is 0 Å². The third kappa shape index (κ3) is 5.01. The zero-order valence-electron chi connectivity index (χ0n) is 19.0. The van der Waals surface area contributed by atoms with Crippen LogP contribution in [0.4, 0.5) is 0 Å². The van der Waals surface area contributed by atoms with Gasteiger partial charge in [0.2, 0.25) is 5.91 Å². The molecule has 168 valence electrons. The van der Waals surface area contributed by atoms with Crippen molar-refractivity contribution in [1.82, 2.24) is 19.8 Å². The van der Waals surface area contributed by atoms with Crippen molar-refractivity contribution in [1.29, 1.82) is 0 Å². The number of aryl methyl sites for hydroxylation is 3. The van der Waals surface area contributed by atoms with Gasteiger partial charge in [-0.05, 0) is 74.9 Å². The molecule has 0 aliphatic carbocycles. The van der Waals surface area contributed by atoms with Gasteiger partial charge in [0.1, 0.15) is 0 Å². The molecule has 6 heteroatoms. The van der Waals surface area contributed by atoms with E-state index in [1.807, 2.05) is 41.6 Å². The van der Waals surface area contributed by atoms with Crippen LogP contribution in [0.25, 0.3) is 11.0 Å². The normalized spacial score (nSPS) is 16.3. The lowest BCUT2D eigenvalue weighted by molar-refractivity contribution is -0.135. The number of benzene rings is 2. The number of aromatic nitrogens is 2. The second-order valence-corrected chi connectivity index (χ2v) is 8.76. The Morgan fingerprint density at radius 3 is 2.69 bits per heavy atom. The topological polar surface area (TPSA) is 67.2 Å². The smallest absolute Gasteiger partial charge is 0.251 e. The van der Waals surface area contributed by atoms with Crippen LogP contribution in [-0.2, 0) is 11.3 Å². The molecule has 1 aliphatic rings. The van der Waals surface area contributed by atoms with Gasteiger partial charge < -0.3 is 14.8 Å². The third-order valence-electron chi connectivity index (χ3n) is 6.55. The highest BCUT2D eigenvalue weighted by Gasteiger charge is 2.26. The summed E-state index contributed by atoms with van der Waals surface area (Å²) in [7, 11) is 0. The second-order valence-electron chi connectivity index (χ2n) is 8.76. The molecule has 1 aliphatic heterocycles. The molecule has 0 bridgehead atoms. The van der Waals surface area contributed by atoms with Crippen molar-refractivity contribution in [2.75, 3.05) is 13.1 Å². The molecule has 0 saturated carbocycles. The summed E-state index contributed by atoms with van der Waals surface area (Å²) < 4.78 is 2.08. The minimum atomic E-state index is -0.0585. The van der Waals surface area contributed by atoms with Gasteiger partial charge in [0.05, 0.1) is 17.4 Å². The van der Waals surface area contributed by atoms with E-state index in [-0.39, 0.29) is 17.9 Å². The number of rotatable bonds is 7. The fraction of sp³-hybridized carbons (Fsp3) is 0.423. The molecule has 1 aromatic heterocycles. The monoisotopic (exact) mass is 432 g/mol. The Balaban J connectivity index is 1.32. The van der Waals surface area contributed by atoms with Crippen molar-refractivity contribution < 1.29 is 9.59 Å². The lowest BCUT2D eigenvalue weighted by atomic mass is 9.98. The molecule has 3 aromatic rings. The maximum Gasteiger partial charge on any atom is 0.251 e. The number of nitrogens with zero attached hydrogens (tertiary/aromatic N) is 3. The fourth-order valence-electron chi connectivity index (χ4n) is 4.52. The molecule has 0 radical (unpaired) electrons. The van der Waals surface area contributed by atoms with Crippen molar-refractivity contribution in [3.63, 3.8) is 0 Å². The quantitative estimate of drug-likeness (QED) is 0.607. The van der Waals surface area contributed by atoms with Crippen LogP contribution in [0.2, 0.25) is 0 Å². The van der Waals surface area contributed by atoms with Crippen LogP contribution in [0.5, 0.6) is 0 Å². The number of hydrogen-bond donors (Lipinski definition) is 1. The molecule has 1 atom stereocenters. The standard InChI is InChI=1S/C26H32N4O2/c1-19-16-23-24(17-20(19)2)29(18-28-23)15-12-25(31)30-14-7-6-10-22(30)11-13-27-26(32)21-8-4-3-5-9-21/h3-5,8-9,16-18,22H,6-7,10-15H2,1-2H3,(H,27,32)/t22-/m1/s1. The molecule has 6 nitrogen and oxygen atoms in total. The number of fused-ring (bicyclic) bond motifs is 1. The molecule has 0 spiro atoms. The predicted octanol–water partition coefficient (Wildman–Crippen LogP) is 4.24. The van der Waals surface area contributed by atoms with Gasteiger partial charge in [-0.2, -0.15) is 0 Å². The summed E-state index contributed by atoms with van der Waals surface area (Å²) in [6, 6.07) is 13.7. The van der Waals surface area contributed by atoms with Crippen molar-refractivity contribution in [3.05, 3.63) is 65.5 Å². The van der Waals surface area contributed by atoms with E-state index in [1.54, 1.807) is 0 Å². The minimum Gasteiger partial charge on any atom is -0.352 e. The van der Waals surface area contributed by atoms with E-state index >= 15 is 0 Å². The van der Waals surface area contributed by atoms with Crippen LogP contribution in [-0.4, -0.2) is 45.4 Å². The first-order valence-corrected chi connectivity index (χ1v) is 11.6. The largest absolute Gasteiger partial charge is 0.352 e. The third-order valence-corrected chi connectivity index (χ3v) is 6.55. The van der Waals surface area contributed by atoms with E-state index in [1.165, 1.54) is 11.1 Å². The zero-order valence-corrected chi connectivity index (χ0v) is 19.0. The van der Waals surface area contributed by atoms with Crippen molar-refractivity contribution >= 4 is 22.8 Å². The lowest BCUT2D eigenvalue weighted by Gasteiger charge is -2.36. The molecule has 32 heavy (non-hydrogen) atoms. The first kappa shape index (κ1) is 22.1. The fourth-order valence-corrected chi connectivity index (χ4v) is 4.52. The summed E-state index contributed by atoms with van der Waals surface area (Å²) in [5.74, 6) is 0.131. The average molecular weight is 433 g/mol. The molecule has 2 amide bonds. The molecular weight excluding hydrogens is 400 g/mol. The highest BCUT2D eigenvalue weighted by molar-refractivity contribution is 5.94. The molecular formula is C26H32N4O2. The summed E-state index contributed by atoms with van der Waals surface area (Å²) >= 11 is 0. The number of carbonyl (C=O) groups is 2. The van der Waals surface area contributed by atoms with Gasteiger partial charge in [-0.15, -0.1) is 0 Å². The van der Waals surface area contributed by atoms with Crippen LogP contribution < -0.4 is 5.32 Å². The Morgan fingerprint density at radius 2 is 1.88 bits per heavy atom.